The molecule has 8 heteroatoms. The van der Waals surface area contributed by atoms with Gasteiger partial charge >= 0.3 is 0 Å². The van der Waals surface area contributed by atoms with Crippen LogP contribution < -0.4 is 15.5 Å². The Morgan fingerprint density at radius 3 is 2.48 bits per heavy atom. The summed E-state index contributed by atoms with van der Waals surface area (Å²) in [7, 11) is -1.25. The molecule has 0 radical (unpaired) electrons. The van der Waals surface area contributed by atoms with Gasteiger partial charge in [0.15, 0.2) is 5.96 Å². The Bertz CT molecular complexity index is 640. The summed E-state index contributed by atoms with van der Waals surface area (Å²) >= 11 is 0. The van der Waals surface area contributed by atoms with Crippen molar-refractivity contribution in [1.29, 1.82) is 0 Å². The first-order valence-corrected chi connectivity index (χ1v) is 10.7. The average Bonchev–Trinajstić information content (AvgIpc) is 2.58. The number of aromatic nitrogens is 1. The summed E-state index contributed by atoms with van der Waals surface area (Å²) in [5.41, 5.74) is 1.06. The fourth-order valence-electron chi connectivity index (χ4n) is 2.33. The molecule has 7 nitrogen and oxygen atoms in total. The summed E-state index contributed by atoms with van der Waals surface area (Å²) < 4.78 is 22.5. The van der Waals surface area contributed by atoms with Crippen LogP contribution in [-0.2, 0) is 16.4 Å². The number of hydrogen-bond acceptors (Lipinski definition) is 5. The lowest BCUT2D eigenvalue weighted by Crippen LogP contribution is -2.42. The van der Waals surface area contributed by atoms with Gasteiger partial charge in [-0.3, -0.25) is 4.99 Å². The highest BCUT2D eigenvalue weighted by atomic mass is 32.2. The molecule has 0 fully saturated rings. The maximum atomic E-state index is 11.2. The van der Waals surface area contributed by atoms with Crippen molar-refractivity contribution >= 4 is 21.6 Å². The van der Waals surface area contributed by atoms with E-state index in [0.717, 1.165) is 24.5 Å². The van der Waals surface area contributed by atoms with E-state index >= 15 is 0 Å². The molecule has 0 aliphatic carbocycles. The third-order valence-corrected chi connectivity index (χ3v) is 4.86. The van der Waals surface area contributed by atoms with Crippen molar-refractivity contribution in [1.82, 2.24) is 15.6 Å². The number of aliphatic imine (C=N–C) groups is 1. The summed E-state index contributed by atoms with van der Waals surface area (Å²) in [6.45, 7) is 8.64. The smallest absolute Gasteiger partial charge is 0.191 e. The maximum absolute atomic E-state index is 11.2. The zero-order valence-corrected chi connectivity index (χ0v) is 16.7. The van der Waals surface area contributed by atoms with Gasteiger partial charge in [0.2, 0.25) is 0 Å². The fraction of sp³-hybridized carbons (Fsp3) is 0.647. The van der Waals surface area contributed by atoms with Crippen LogP contribution in [0.4, 0.5) is 5.82 Å². The fourth-order valence-corrected chi connectivity index (χ4v) is 3.11. The van der Waals surface area contributed by atoms with E-state index in [9.17, 15) is 8.42 Å². The molecule has 0 spiro atoms. The maximum Gasteiger partial charge on any atom is 0.191 e. The number of anilines is 1. The Morgan fingerprint density at radius 2 is 2.00 bits per heavy atom. The highest BCUT2D eigenvalue weighted by Gasteiger charge is 2.09. The first-order chi connectivity index (χ1) is 11.8. The normalized spacial score (nSPS) is 13.4. The lowest BCUT2D eigenvalue weighted by Gasteiger charge is -2.20. The van der Waals surface area contributed by atoms with E-state index in [4.69, 9.17) is 0 Å². The molecule has 1 heterocycles. The molecule has 0 saturated heterocycles. The number of nitrogens with one attached hydrogen (secondary N) is 2. The number of rotatable bonds is 9. The molecule has 0 amide bonds. The molecule has 0 aliphatic heterocycles. The molecule has 2 N–H and O–H groups in total. The van der Waals surface area contributed by atoms with Crippen LogP contribution in [0.1, 0.15) is 32.8 Å². The predicted molar refractivity (Wildman–Crippen MR) is 105 cm³/mol. The van der Waals surface area contributed by atoms with Gasteiger partial charge in [-0.25, -0.2) is 13.4 Å². The van der Waals surface area contributed by atoms with Gasteiger partial charge in [0, 0.05) is 45.2 Å². The number of nitrogens with zero attached hydrogens (tertiary/aromatic N) is 3. The molecule has 1 unspecified atom stereocenters. The van der Waals surface area contributed by atoms with Gasteiger partial charge in [0.25, 0.3) is 0 Å². The number of sulfone groups is 1. The van der Waals surface area contributed by atoms with Crippen molar-refractivity contribution in [2.75, 3.05) is 37.0 Å². The van der Waals surface area contributed by atoms with E-state index in [2.05, 4.69) is 39.4 Å². The lowest BCUT2D eigenvalue weighted by atomic mass is 10.2. The summed E-state index contributed by atoms with van der Waals surface area (Å²) in [5, 5.41) is 6.43. The highest BCUT2D eigenvalue weighted by Crippen LogP contribution is 2.10. The van der Waals surface area contributed by atoms with E-state index < -0.39 is 9.84 Å². The van der Waals surface area contributed by atoms with Gasteiger partial charge in [0.1, 0.15) is 15.7 Å². The van der Waals surface area contributed by atoms with Crippen LogP contribution >= 0.6 is 0 Å². The molecule has 0 saturated carbocycles. The predicted octanol–water partition coefficient (Wildman–Crippen LogP) is 1.42. The Hall–Kier alpha value is -1.83. The Labute approximate surface area is 151 Å². The van der Waals surface area contributed by atoms with Crippen molar-refractivity contribution in [3.63, 3.8) is 0 Å². The molecule has 1 rings (SSSR count). The van der Waals surface area contributed by atoms with Crippen LogP contribution in [0.25, 0.3) is 0 Å². The quantitative estimate of drug-likeness (QED) is 0.506. The van der Waals surface area contributed by atoms with Crippen LogP contribution in [0.2, 0.25) is 0 Å². The van der Waals surface area contributed by atoms with Gasteiger partial charge < -0.3 is 15.5 Å². The molecule has 0 aliphatic rings. The van der Waals surface area contributed by atoms with Gasteiger partial charge in [0.05, 0.1) is 5.75 Å². The van der Waals surface area contributed by atoms with Crippen LogP contribution in [0.3, 0.4) is 0 Å². The van der Waals surface area contributed by atoms with Crippen molar-refractivity contribution in [2.24, 2.45) is 4.99 Å². The number of hydrogen-bond donors (Lipinski definition) is 2. The molecule has 0 aromatic carbocycles. The third-order valence-electron chi connectivity index (χ3n) is 3.88. The first-order valence-electron chi connectivity index (χ1n) is 8.63. The minimum Gasteiger partial charge on any atom is -0.357 e. The zero-order valence-electron chi connectivity index (χ0n) is 15.9. The number of guanidine groups is 1. The second-order valence-electron chi connectivity index (χ2n) is 6.09. The van der Waals surface area contributed by atoms with E-state index in [1.165, 1.54) is 6.26 Å². The molecule has 1 aromatic heterocycles. The molecular formula is C17H31N5O2S. The summed E-state index contributed by atoms with van der Waals surface area (Å²) in [6.07, 6.45) is 3.66. The lowest BCUT2D eigenvalue weighted by molar-refractivity contribution is 0.581. The van der Waals surface area contributed by atoms with Gasteiger partial charge in [-0.2, -0.15) is 0 Å². The third kappa shape index (κ3) is 8.20. The Morgan fingerprint density at radius 1 is 1.32 bits per heavy atom. The minimum absolute atomic E-state index is 0.0177. The molecule has 1 aromatic rings. The van der Waals surface area contributed by atoms with E-state index in [0.29, 0.717) is 18.9 Å². The monoisotopic (exact) mass is 369 g/mol. The number of pyridine rings is 1. The van der Waals surface area contributed by atoms with Crippen molar-refractivity contribution < 1.29 is 8.42 Å². The van der Waals surface area contributed by atoms with E-state index in [1.807, 2.05) is 25.3 Å². The van der Waals surface area contributed by atoms with Gasteiger partial charge in [-0.1, -0.05) is 6.07 Å². The van der Waals surface area contributed by atoms with Crippen LogP contribution in [0, 0.1) is 0 Å². The molecule has 1 atom stereocenters. The van der Waals surface area contributed by atoms with Crippen molar-refractivity contribution in [3.05, 3.63) is 23.9 Å². The molecule has 142 valence electrons. The summed E-state index contributed by atoms with van der Waals surface area (Å²) in [6, 6.07) is 4.09. The summed E-state index contributed by atoms with van der Waals surface area (Å²) in [5.74, 6) is 1.79. The first kappa shape index (κ1) is 21.2. The summed E-state index contributed by atoms with van der Waals surface area (Å²) in [4.78, 5) is 10.9. The SMILES string of the molecule is CCN(CC)c1ccc(CNC(=NC)NC(C)CCS(C)(=O)=O)cn1. The molecule has 25 heavy (non-hydrogen) atoms. The Kier molecular flexibility index (Phi) is 8.68. The zero-order chi connectivity index (χ0) is 18.9. The second-order valence-corrected chi connectivity index (χ2v) is 8.35. The van der Waals surface area contributed by atoms with E-state index in [-0.39, 0.29) is 11.8 Å². The average molecular weight is 370 g/mol. The standard InChI is InChI=1S/C17H31N5O2S/c1-6-22(7-2)16-9-8-15(12-19-16)13-20-17(18-4)21-14(3)10-11-25(5,23)24/h8-9,12,14H,6-7,10-11,13H2,1-5H3,(H2,18,20,21). The highest BCUT2D eigenvalue weighted by molar-refractivity contribution is 7.90. The largest absolute Gasteiger partial charge is 0.357 e. The van der Waals surface area contributed by atoms with Crippen molar-refractivity contribution in [3.8, 4) is 0 Å². The minimum atomic E-state index is -2.95. The molecule has 0 bridgehead atoms. The van der Waals surface area contributed by atoms with Crippen LogP contribution in [0.15, 0.2) is 23.3 Å². The van der Waals surface area contributed by atoms with Crippen LogP contribution in [-0.4, -0.2) is 57.5 Å². The van der Waals surface area contributed by atoms with Crippen LogP contribution in [0.5, 0.6) is 0 Å². The topological polar surface area (TPSA) is 86.7 Å². The van der Waals surface area contributed by atoms with Gasteiger partial charge in [-0.05, 0) is 38.8 Å². The molecular weight excluding hydrogens is 338 g/mol. The Balaban J connectivity index is 2.51. The second kappa shape index (κ2) is 10.2. The van der Waals surface area contributed by atoms with Crippen molar-refractivity contribution in [2.45, 2.75) is 39.8 Å². The van der Waals surface area contributed by atoms with E-state index in [1.54, 1.807) is 7.05 Å². The van der Waals surface area contributed by atoms with Gasteiger partial charge in [-0.15, -0.1) is 0 Å².